The number of carbonyl (C=O) groups is 1. The molecule has 1 atom stereocenters. The van der Waals surface area contributed by atoms with Crippen LogP contribution in [-0.2, 0) is 4.79 Å². The molecule has 98 valence electrons. The SMILES string of the molecule is Cc1ccc(Cl)c(OCC(=O)N2CCC(O)C2)c1. The predicted molar refractivity (Wildman–Crippen MR) is 68.9 cm³/mol. The Bertz CT molecular complexity index is 450. The quantitative estimate of drug-likeness (QED) is 0.907. The number of ether oxygens (including phenoxy) is 1. The lowest BCUT2D eigenvalue weighted by Gasteiger charge is -2.16. The van der Waals surface area contributed by atoms with Gasteiger partial charge in [-0.15, -0.1) is 0 Å². The Morgan fingerprint density at radius 3 is 3.06 bits per heavy atom. The molecule has 5 heteroatoms. The molecule has 4 nitrogen and oxygen atoms in total. The first-order valence-corrected chi connectivity index (χ1v) is 6.29. The summed E-state index contributed by atoms with van der Waals surface area (Å²) in [6.07, 6.45) is 0.230. The number of β-amino-alcohol motifs (C(OH)–C–C–N with tert-alkyl or cyclic N) is 1. The molecule has 1 aromatic rings. The van der Waals surface area contributed by atoms with E-state index in [1.807, 2.05) is 13.0 Å². The minimum absolute atomic E-state index is 0.0457. The molecule has 1 amide bonds. The third-order valence-corrected chi connectivity index (χ3v) is 3.27. The van der Waals surface area contributed by atoms with Crippen LogP contribution in [0.15, 0.2) is 18.2 Å². The van der Waals surface area contributed by atoms with Crippen molar-refractivity contribution in [2.24, 2.45) is 0 Å². The van der Waals surface area contributed by atoms with Gasteiger partial charge in [-0.25, -0.2) is 0 Å². The van der Waals surface area contributed by atoms with Crippen LogP contribution in [0.1, 0.15) is 12.0 Å². The second-order valence-corrected chi connectivity index (χ2v) is 4.91. The van der Waals surface area contributed by atoms with E-state index < -0.39 is 6.10 Å². The van der Waals surface area contributed by atoms with E-state index in [0.29, 0.717) is 30.3 Å². The molecule has 0 radical (unpaired) electrons. The summed E-state index contributed by atoms with van der Waals surface area (Å²) in [5.74, 6) is 0.397. The van der Waals surface area contributed by atoms with Crippen LogP contribution in [0.25, 0.3) is 0 Å². The number of rotatable bonds is 3. The highest BCUT2D eigenvalue weighted by atomic mass is 35.5. The lowest BCUT2D eigenvalue weighted by Crippen LogP contribution is -2.33. The topological polar surface area (TPSA) is 49.8 Å². The summed E-state index contributed by atoms with van der Waals surface area (Å²) in [6, 6.07) is 5.43. The number of likely N-dealkylation sites (tertiary alicyclic amines) is 1. The zero-order chi connectivity index (χ0) is 13.1. The highest BCUT2D eigenvalue weighted by Crippen LogP contribution is 2.25. The number of hydrogen-bond acceptors (Lipinski definition) is 3. The highest BCUT2D eigenvalue weighted by molar-refractivity contribution is 6.32. The van der Waals surface area contributed by atoms with E-state index in [4.69, 9.17) is 16.3 Å². The first kappa shape index (κ1) is 13.2. The molecule has 0 aliphatic carbocycles. The molecule has 1 fully saturated rings. The van der Waals surface area contributed by atoms with Crippen molar-refractivity contribution < 1.29 is 14.6 Å². The minimum Gasteiger partial charge on any atom is -0.482 e. The molecule has 0 aromatic heterocycles. The molecule has 2 rings (SSSR count). The fourth-order valence-electron chi connectivity index (χ4n) is 1.92. The summed E-state index contributed by atoms with van der Waals surface area (Å²) >= 11 is 5.97. The molecule has 1 saturated heterocycles. The molecular formula is C13H16ClNO3. The van der Waals surface area contributed by atoms with Gasteiger partial charge in [-0.1, -0.05) is 17.7 Å². The number of aryl methyl sites for hydroxylation is 1. The lowest BCUT2D eigenvalue weighted by molar-refractivity contribution is -0.132. The van der Waals surface area contributed by atoms with Gasteiger partial charge in [0.15, 0.2) is 6.61 Å². The second kappa shape index (κ2) is 5.59. The van der Waals surface area contributed by atoms with Gasteiger partial charge in [0.2, 0.25) is 0 Å². The van der Waals surface area contributed by atoms with E-state index in [1.165, 1.54) is 0 Å². The summed E-state index contributed by atoms with van der Waals surface area (Å²) in [4.78, 5) is 13.4. The van der Waals surface area contributed by atoms with Gasteiger partial charge in [0, 0.05) is 13.1 Å². The van der Waals surface area contributed by atoms with E-state index in [-0.39, 0.29) is 12.5 Å². The Balaban J connectivity index is 1.91. The Kier molecular flexibility index (Phi) is 4.09. The first-order chi connectivity index (χ1) is 8.56. The normalized spacial score (nSPS) is 19.1. The van der Waals surface area contributed by atoms with Crippen LogP contribution >= 0.6 is 11.6 Å². The molecule has 1 unspecified atom stereocenters. The molecule has 1 heterocycles. The van der Waals surface area contributed by atoms with Crippen LogP contribution in [0.2, 0.25) is 5.02 Å². The fraction of sp³-hybridized carbons (Fsp3) is 0.462. The van der Waals surface area contributed by atoms with Crippen LogP contribution in [0, 0.1) is 6.92 Å². The van der Waals surface area contributed by atoms with Gasteiger partial charge >= 0.3 is 0 Å². The van der Waals surface area contributed by atoms with Crippen LogP contribution in [0.4, 0.5) is 0 Å². The van der Waals surface area contributed by atoms with Gasteiger partial charge in [0.25, 0.3) is 5.91 Å². The number of aliphatic hydroxyl groups is 1. The standard InChI is InChI=1S/C13H16ClNO3/c1-9-2-3-11(14)12(6-9)18-8-13(17)15-5-4-10(16)7-15/h2-3,6,10,16H,4-5,7-8H2,1H3. The van der Waals surface area contributed by atoms with Gasteiger partial charge in [-0.05, 0) is 31.0 Å². The summed E-state index contributed by atoms with van der Waals surface area (Å²) in [6.45, 7) is 2.87. The van der Waals surface area contributed by atoms with Crippen molar-refractivity contribution in [2.75, 3.05) is 19.7 Å². The van der Waals surface area contributed by atoms with Gasteiger partial charge < -0.3 is 14.7 Å². The maximum atomic E-state index is 11.8. The molecule has 1 aromatic carbocycles. The monoisotopic (exact) mass is 269 g/mol. The number of halogens is 1. The Morgan fingerprint density at radius 2 is 2.39 bits per heavy atom. The third-order valence-electron chi connectivity index (χ3n) is 2.95. The zero-order valence-electron chi connectivity index (χ0n) is 10.2. The molecule has 0 bridgehead atoms. The van der Waals surface area contributed by atoms with Crippen LogP contribution < -0.4 is 4.74 Å². The number of amides is 1. The Labute approximate surface area is 111 Å². The molecular weight excluding hydrogens is 254 g/mol. The number of hydrogen-bond donors (Lipinski definition) is 1. The van der Waals surface area contributed by atoms with Crippen molar-refractivity contribution in [2.45, 2.75) is 19.4 Å². The summed E-state index contributed by atoms with van der Waals surface area (Å²) < 4.78 is 5.42. The van der Waals surface area contributed by atoms with Gasteiger partial charge in [0.1, 0.15) is 5.75 Å². The third kappa shape index (κ3) is 3.15. The van der Waals surface area contributed by atoms with Crippen molar-refractivity contribution in [3.63, 3.8) is 0 Å². The smallest absolute Gasteiger partial charge is 0.260 e. The fourth-order valence-corrected chi connectivity index (χ4v) is 2.09. The zero-order valence-corrected chi connectivity index (χ0v) is 11.0. The van der Waals surface area contributed by atoms with E-state index in [1.54, 1.807) is 17.0 Å². The van der Waals surface area contributed by atoms with Gasteiger partial charge in [-0.2, -0.15) is 0 Å². The second-order valence-electron chi connectivity index (χ2n) is 4.50. The Morgan fingerprint density at radius 1 is 1.61 bits per heavy atom. The van der Waals surface area contributed by atoms with Crippen molar-refractivity contribution in [1.29, 1.82) is 0 Å². The maximum Gasteiger partial charge on any atom is 0.260 e. The average molecular weight is 270 g/mol. The number of aliphatic hydroxyl groups excluding tert-OH is 1. The molecule has 18 heavy (non-hydrogen) atoms. The van der Waals surface area contributed by atoms with E-state index >= 15 is 0 Å². The van der Waals surface area contributed by atoms with Crippen molar-refractivity contribution in [3.8, 4) is 5.75 Å². The van der Waals surface area contributed by atoms with Gasteiger partial charge in [0.05, 0.1) is 11.1 Å². The number of nitrogens with zero attached hydrogens (tertiary/aromatic N) is 1. The Hall–Kier alpha value is -1.26. The van der Waals surface area contributed by atoms with E-state index in [0.717, 1.165) is 5.56 Å². The van der Waals surface area contributed by atoms with Crippen LogP contribution in [-0.4, -0.2) is 41.7 Å². The summed E-state index contributed by atoms with van der Waals surface area (Å²) in [5, 5.41) is 9.85. The summed E-state index contributed by atoms with van der Waals surface area (Å²) in [7, 11) is 0. The van der Waals surface area contributed by atoms with Crippen molar-refractivity contribution in [1.82, 2.24) is 4.90 Å². The molecule has 0 spiro atoms. The lowest BCUT2D eigenvalue weighted by atomic mass is 10.2. The molecule has 1 aliphatic heterocycles. The largest absolute Gasteiger partial charge is 0.482 e. The maximum absolute atomic E-state index is 11.8. The summed E-state index contributed by atoms with van der Waals surface area (Å²) in [5.41, 5.74) is 1.03. The average Bonchev–Trinajstić information content (AvgIpc) is 2.77. The first-order valence-electron chi connectivity index (χ1n) is 5.91. The molecule has 0 saturated carbocycles. The van der Waals surface area contributed by atoms with Crippen LogP contribution in [0.3, 0.4) is 0 Å². The van der Waals surface area contributed by atoms with E-state index in [2.05, 4.69) is 0 Å². The van der Waals surface area contributed by atoms with E-state index in [9.17, 15) is 9.90 Å². The molecule has 1 aliphatic rings. The van der Waals surface area contributed by atoms with Crippen molar-refractivity contribution >= 4 is 17.5 Å². The predicted octanol–water partition coefficient (Wildman–Crippen LogP) is 1.62. The number of benzene rings is 1. The van der Waals surface area contributed by atoms with Crippen molar-refractivity contribution in [3.05, 3.63) is 28.8 Å². The highest BCUT2D eigenvalue weighted by Gasteiger charge is 2.24. The van der Waals surface area contributed by atoms with Gasteiger partial charge in [-0.3, -0.25) is 4.79 Å². The number of carbonyl (C=O) groups excluding carboxylic acids is 1. The minimum atomic E-state index is -0.406. The van der Waals surface area contributed by atoms with Crippen LogP contribution in [0.5, 0.6) is 5.75 Å². The molecule has 1 N–H and O–H groups in total.